The van der Waals surface area contributed by atoms with Crippen LogP contribution in [-0.2, 0) is 7.05 Å². The molecule has 0 unspecified atom stereocenters. The Morgan fingerprint density at radius 1 is 1.50 bits per heavy atom. The molecule has 0 saturated heterocycles. The first-order chi connectivity index (χ1) is 11.5. The van der Waals surface area contributed by atoms with Crippen LogP contribution in [0.3, 0.4) is 0 Å². The summed E-state index contributed by atoms with van der Waals surface area (Å²) in [6.07, 6.45) is 4.11. The number of hydrogen-bond acceptors (Lipinski definition) is 6. The van der Waals surface area contributed by atoms with Crippen molar-refractivity contribution in [3.05, 3.63) is 35.2 Å². The lowest BCUT2D eigenvalue weighted by Gasteiger charge is -2.12. The Labute approximate surface area is 140 Å². The summed E-state index contributed by atoms with van der Waals surface area (Å²) < 4.78 is 12.5. The first kappa shape index (κ1) is 17.4. The Morgan fingerprint density at radius 2 is 2.25 bits per heavy atom. The molecular weight excluding hydrogens is 308 g/mol. The second-order valence-corrected chi connectivity index (χ2v) is 5.05. The third-order valence-electron chi connectivity index (χ3n) is 3.60. The number of carbonyl (C=O) groups excluding carboxylic acids is 1. The van der Waals surface area contributed by atoms with Crippen LogP contribution >= 0.6 is 0 Å². The number of methoxy groups -OCH3 is 1. The second-order valence-electron chi connectivity index (χ2n) is 5.05. The Balaban J connectivity index is 2.28. The van der Waals surface area contributed by atoms with Crippen LogP contribution in [0, 0.1) is 6.92 Å². The SMILES string of the molecule is C=Nc1c(/C(=C\C)COc2cnc(OC)cc2C=O)c(C)nn1C. The zero-order chi connectivity index (χ0) is 17.7. The van der Waals surface area contributed by atoms with Crippen LogP contribution in [0.5, 0.6) is 11.6 Å². The average molecular weight is 328 g/mol. The van der Waals surface area contributed by atoms with Gasteiger partial charge in [-0.05, 0) is 26.1 Å². The normalized spacial score (nSPS) is 11.2. The Bertz CT molecular complexity index is 793. The quantitative estimate of drug-likeness (QED) is 0.577. The van der Waals surface area contributed by atoms with E-state index in [1.807, 2.05) is 27.0 Å². The van der Waals surface area contributed by atoms with E-state index in [0.29, 0.717) is 29.3 Å². The van der Waals surface area contributed by atoms with Crippen LogP contribution in [0.25, 0.3) is 5.57 Å². The molecule has 0 aromatic carbocycles. The number of aliphatic imine (C=N–C) groups is 1. The van der Waals surface area contributed by atoms with Crippen molar-refractivity contribution in [1.29, 1.82) is 0 Å². The molecule has 0 aliphatic rings. The number of aryl methyl sites for hydroxylation is 2. The molecular formula is C17H20N4O3. The maximum absolute atomic E-state index is 11.2. The number of carbonyl (C=O) groups is 1. The number of aromatic nitrogens is 3. The Kier molecular flexibility index (Phi) is 5.47. The largest absolute Gasteiger partial charge is 0.487 e. The number of rotatable bonds is 7. The van der Waals surface area contributed by atoms with E-state index in [1.165, 1.54) is 19.4 Å². The second kappa shape index (κ2) is 7.54. The first-order valence-electron chi connectivity index (χ1n) is 7.33. The highest BCUT2D eigenvalue weighted by atomic mass is 16.5. The van der Waals surface area contributed by atoms with Crippen molar-refractivity contribution >= 4 is 24.4 Å². The molecule has 2 aromatic rings. The van der Waals surface area contributed by atoms with Crippen molar-refractivity contribution in [2.24, 2.45) is 12.0 Å². The Hall–Kier alpha value is -2.96. The molecule has 7 nitrogen and oxygen atoms in total. The zero-order valence-corrected chi connectivity index (χ0v) is 14.2. The third-order valence-corrected chi connectivity index (χ3v) is 3.60. The minimum Gasteiger partial charge on any atom is -0.487 e. The Morgan fingerprint density at radius 3 is 2.83 bits per heavy atom. The van der Waals surface area contributed by atoms with Crippen LogP contribution in [0.4, 0.5) is 5.82 Å². The minimum absolute atomic E-state index is 0.250. The fourth-order valence-corrected chi connectivity index (χ4v) is 2.42. The van der Waals surface area contributed by atoms with E-state index in [1.54, 1.807) is 4.68 Å². The van der Waals surface area contributed by atoms with Gasteiger partial charge >= 0.3 is 0 Å². The maximum atomic E-state index is 11.2. The summed E-state index contributed by atoms with van der Waals surface area (Å²) in [6.45, 7) is 7.66. The molecule has 126 valence electrons. The average Bonchev–Trinajstić information content (AvgIpc) is 2.89. The molecule has 2 rings (SSSR count). The van der Waals surface area contributed by atoms with Crippen LogP contribution in [0.1, 0.15) is 28.5 Å². The van der Waals surface area contributed by atoms with Gasteiger partial charge in [0.1, 0.15) is 12.4 Å². The van der Waals surface area contributed by atoms with Gasteiger partial charge in [-0.3, -0.25) is 9.48 Å². The van der Waals surface area contributed by atoms with E-state index >= 15 is 0 Å². The van der Waals surface area contributed by atoms with Gasteiger partial charge < -0.3 is 9.47 Å². The summed E-state index contributed by atoms with van der Waals surface area (Å²) in [5.74, 6) is 1.42. The van der Waals surface area contributed by atoms with Crippen LogP contribution in [0.15, 0.2) is 23.3 Å². The predicted molar refractivity (Wildman–Crippen MR) is 92.5 cm³/mol. The molecule has 24 heavy (non-hydrogen) atoms. The summed E-state index contributed by atoms with van der Waals surface area (Å²) in [7, 11) is 3.30. The van der Waals surface area contributed by atoms with Crippen molar-refractivity contribution in [3.63, 3.8) is 0 Å². The third kappa shape index (κ3) is 3.34. The van der Waals surface area contributed by atoms with E-state index in [2.05, 4.69) is 21.8 Å². The number of allylic oxidation sites excluding steroid dienone is 1. The van der Waals surface area contributed by atoms with E-state index in [0.717, 1.165) is 16.8 Å². The van der Waals surface area contributed by atoms with Crippen LogP contribution < -0.4 is 9.47 Å². The van der Waals surface area contributed by atoms with Crippen molar-refractivity contribution < 1.29 is 14.3 Å². The molecule has 0 aliphatic heterocycles. The number of ether oxygens (including phenoxy) is 2. The number of aldehydes is 1. The van der Waals surface area contributed by atoms with Crippen molar-refractivity contribution in [2.75, 3.05) is 13.7 Å². The van der Waals surface area contributed by atoms with E-state index in [9.17, 15) is 4.79 Å². The number of pyridine rings is 1. The molecule has 0 aliphatic carbocycles. The molecule has 0 radical (unpaired) electrons. The highest BCUT2D eigenvalue weighted by Crippen LogP contribution is 2.30. The monoisotopic (exact) mass is 328 g/mol. The molecule has 2 aromatic heterocycles. The highest BCUT2D eigenvalue weighted by Gasteiger charge is 2.17. The molecule has 2 heterocycles. The van der Waals surface area contributed by atoms with Gasteiger partial charge in [0.25, 0.3) is 0 Å². The summed E-state index contributed by atoms with van der Waals surface area (Å²) in [5, 5.41) is 4.36. The lowest BCUT2D eigenvalue weighted by atomic mass is 10.1. The molecule has 0 saturated carbocycles. The molecule has 0 atom stereocenters. The summed E-state index contributed by atoms with van der Waals surface area (Å²) in [6, 6.07) is 1.53. The maximum Gasteiger partial charge on any atom is 0.213 e. The van der Waals surface area contributed by atoms with Gasteiger partial charge in [-0.25, -0.2) is 9.98 Å². The molecule has 7 heteroatoms. The molecule has 0 spiro atoms. The van der Waals surface area contributed by atoms with Crippen LogP contribution in [0.2, 0.25) is 0 Å². The molecule has 0 fully saturated rings. The standard InChI is InChI=1S/C17H20N4O3/c1-6-12(16-11(2)20-21(4)17(16)18-3)10-24-14-8-19-15(23-5)7-13(14)9-22/h6-9H,3,10H2,1-2,4-5H3/b12-6-. The van der Waals surface area contributed by atoms with Crippen LogP contribution in [-0.4, -0.2) is 41.5 Å². The first-order valence-corrected chi connectivity index (χ1v) is 7.33. The van der Waals surface area contributed by atoms with Crippen molar-refractivity contribution in [3.8, 4) is 11.6 Å². The lowest BCUT2D eigenvalue weighted by molar-refractivity contribution is 0.111. The van der Waals surface area contributed by atoms with Gasteiger partial charge in [0.2, 0.25) is 5.88 Å². The van der Waals surface area contributed by atoms with E-state index in [4.69, 9.17) is 9.47 Å². The van der Waals surface area contributed by atoms with Gasteiger partial charge in [-0.1, -0.05) is 6.08 Å². The zero-order valence-electron chi connectivity index (χ0n) is 14.2. The van der Waals surface area contributed by atoms with Crippen molar-refractivity contribution in [2.45, 2.75) is 13.8 Å². The molecule has 0 N–H and O–H groups in total. The fraction of sp³-hybridized carbons (Fsp3) is 0.294. The topological polar surface area (TPSA) is 78.6 Å². The minimum atomic E-state index is 0.250. The molecule has 0 amide bonds. The number of nitrogens with zero attached hydrogens (tertiary/aromatic N) is 4. The summed E-state index contributed by atoms with van der Waals surface area (Å²) in [5.41, 5.74) is 2.99. The van der Waals surface area contributed by atoms with Gasteiger partial charge in [0.15, 0.2) is 12.1 Å². The van der Waals surface area contributed by atoms with Gasteiger partial charge in [-0.15, -0.1) is 0 Å². The van der Waals surface area contributed by atoms with E-state index in [-0.39, 0.29) is 6.61 Å². The van der Waals surface area contributed by atoms with E-state index < -0.39 is 0 Å². The van der Waals surface area contributed by atoms with Gasteiger partial charge in [0, 0.05) is 18.7 Å². The fourth-order valence-electron chi connectivity index (χ4n) is 2.42. The van der Waals surface area contributed by atoms with Gasteiger partial charge in [0.05, 0.1) is 24.6 Å². The molecule has 0 bridgehead atoms. The van der Waals surface area contributed by atoms with Gasteiger partial charge in [-0.2, -0.15) is 5.10 Å². The summed E-state index contributed by atoms with van der Waals surface area (Å²) in [4.78, 5) is 19.3. The highest BCUT2D eigenvalue weighted by molar-refractivity contribution is 5.80. The smallest absolute Gasteiger partial charge is 0.213 e. The summed E-state index contributed by atoms with van der Waals surface area (Å²) >= 11 is 0. The predicted octanol–water partition coefficient (Wildman–Crippen LogP) is 2.76. The lowest BCUT2D eigenvalue weighted by Crippen LogP contribution is -2.04. The van der Waals surface area contributed by atoms with Crippen molar-refractivity contribution in [1.82, 2.24) is 14.8 Å². The number of hydrogen-bond donors (Lipinski definition) is 0.